The van der Waals surface area contributed by atoms with Gasteiger partial charge in [-0.15, -0.1) is 10.2 Å². The normalized spacial score (nSPS) is 16.8. The highest BCUT2D eigenvalue weighted by Crippen LogP contribution is 2.30. The predicted octanol–water partition coefficient (Wildman–Crippen LogP) is 2.55. The second-order valence-electron chi connectivity index (χ2n) is 6.76. The predicted molar refractivity (Wildman–Crippen MR) is 103 cm³/mol. The first-order valence-electron chi connectivity index (χ1n) is 9.36. The lowest BCUT2D eigenvalue weighted by Gasteiger charge is -2.35. The number of rotatable bonds is 6. The van der Waals surface area contributed by atoms with E-state index in [9.17, 15) is 18.0 Å². The summed E-state index contributed by atoms with van der Waals surface area (Å²) in [7, 11) is 0. The van der Waals surface area contributed by atoms with Crippen LogP contribution in [0.1, 0.15) is 13.8 Å². The van der Waals surface area contributed by atoms with Crippen LogP contribution in [0.25, 0.3) is 11.4 Å². The van der Waals surface area contributed by atoms with Gasteiger partial charge in [0.05, 0.1) is 5.25 Å². The molecule has 29 heavy (non-hydrogen) atoms. The molecule has 1 aliphatic heterocycles. The van der Waals surface area contributed by atoms with Gasteiger partial charge in [0, 0.05) is 44.1 Å². The smallest absolute Gasteiger partial charge is 0.339 e. The molecule has 3 rings (SSSR count). The summed E-state index contributed by atoms with van der Waals surface area (Å²) in [5, 5.41) is 7.40. The molecule has 158 valence electrons. The Balaban J connectivity index is 1.77. The number of likely N-dealkylation sites (N-methyl/N-ethyl adjacent to an activating group) is 1. The lowest BCUT2D eigenvalue weighted by molar-refractivity contribution is -0.141. The Morgan fingerprint density at radius 2 is 1.83 bits per heavy atom. The fourth-order valence-electron chi connectivity index (χ4n) is 3.16. The zero-order valence-electron chi connectivity index (χ0n) is 16.3. The fourth-order valence-corrected chi connectivity index (χ4v) is 4.09. The van der Waals surface area contributed by atoms with E-state index < -0.39 is 18.0 Å². The zero-order valence-corrected chi connectivity index (χ0v) is 17.1. The quantitative estimate of drug-likeness (QED) is 0.659. The van der Waals surface area contributed by atoms with Crippen LogP contribution in [-0.2, 0) is 11.3 Å². The molecule has 0 saturated carbocycles. The SMILES string of the molecule is CCN1CCN(C(=O)C(C)Sc2nnc(-c3ccncc3)n2CC(F)(F)F)CC1. The molecule has 1 amide bonds. The van der Waals surface area contributed by atoms with Gasteiger partial charge in [0.25, 0.3) is 0 Å². The summed E-state index contributed by atoms with van der Waals surface area (Å²) in [6.07, 6.45) is -1.48. The van der Waals surface area contributed by atoms with Gasteiger partial charge in [0.1, 0.15) is 6.54 Å². The number of halogens is 3. The van der Waals surface area contributed by atoms with Crippen molar-refractivity contribution in [3.05, 3.63) is 24.5 Å². The minimum atomic E-state index is -4.44. The van der Waals surface area contributed by atoms with Gasteiger partial charge >= 0.3 is 6.18 Å². The molecule has 7 nitrogen and oxygen atoms in total. The van der Waals surface area contributed by atoms with E-state index in [1.807, 2.05) is 0 Å². The molecular formula is C18H23F3N6OS. The summed E-state index contributed by atoms with van der Waals surface area (Å²) in [6, 6.07) is 3.15. The molecule has 11 heteroatoms. The number of thioether (sulfide) groups is 1. The van der Waals surface area contributed by atoms with Crippen LogP contribution in [0, 0.1) is 0 Å². The van der Waals surface area contributed by atoms with Gasteiger partial charge in [0.15, 0.2) is 11.0 Å². The van der Waals surface area contributed by atoms with Crippen LogP contribution in [0.5, 0.6) is 0 Å². The zero-order chi connectivity index (χ0) is 21.0. The van der Waals surface area contributed by atoms with E-state index >= 15 is 0 Å². The van der Waals surface area contributed by atoms with E-state index in [1.165, 1.54) is 12.4 Å². The van der Waals surface area contributed by atoms with E-state index in [4.69, 9.17) is 0 Å². The number of amides is 1. The Morgan fingerprint density at radius 3 is 2.41 bits per heavy atom. The van der Waals surface area contributed by atoms with Crippen LogP contribution >= 0.6 is 11.8 Å². The first kappa shape index (κ1) is 21.6. The van der Waals surface area contributed by atoms with Crippen molar-refractivity contribution in [2.45, 2.75) is 37.0 Å². The van der Waals surface area contributed by atoms with Crippen molar-refractivity contribution in [1.82, 2.24) is 29.5 Å². The lowest BCUT2D eigenvalue weighted by Crippen LogP contribution is -2.50. The van der Waals surface area contributed by atoms with E-state index in [2.05, 4.69) is 27.0 Å². The monoisotopic (exact) mass is 428 g/mol. The third kappa shape index (κ3) is 5.47. The van der Waals surface area contributed by atoms with Gasteiger partial charge in [-0.05, 0) is 25.6 Å². The standard InChI is InChI=1S/C18H23F3N6OS/c1-3-25-8-10-26(11-9-25)16(28)13(2)29-17-24-23-15(14-4-6-22-7-5-14)27(17)12-18(19,20)21/h4-7,13H,3,8-12H2,1-2H3. The first-order chi connectivity index (χ1) is 13.8. The van der Waals surface area contributed by atoms with E-state index in [0.29, 0.717) is 18.7 Å². The van der Waals surface area contributed by atoms with Gasteiger partial charge in [-0.2, -0.15) is 13.2 Å². The number of nitrogens with zero attached hydrogens (tertiary/aromatic N) is 6. The number of hydrogen-bond donors (Lipinski definition) is 0. The number of piperazine rings is 1. The second-order valence-corrected chi connectivity index (χ2v) is 8.07. The molecule has 0 N–H and O–H groups in total. The Morgan fingerprint density at radius 1 is 1.17 bits per heavy atom. The summed E-state index contributed by atoms with van der Waals surface area (Å²) in [5.41, 5.74) is 0.485. The van der Waals surface area contributed by atoms with Gasteiger partial charge in [-0.3, -0.25) is 14.3 Å². The van der Waals surface area contributed by atoms with Gasteiger partial charge in [-0.1, -0.05) is 18.7 Å². The van der Waals surface area contributed by atoms with Crippen LogP contribution in [0.3, 0.4) is 0 Å². The summed E-state index contributed by atoms with van der Waals surface area (Å²) in [4.78, 5) is 20.7. The maximum atomic E-state index is 13.2. The van der Waals surface area contributed by atoms with E-state index in [1.54, 1.807) is 24.0 Å². The van der Waals surface area contributed by atoms with E-state index in [-0.39, 0.29) is 16.9 Å². The number of hydrogen-bond acceptors (Lipinski definition) is 6. The number of pyridine rings is 1. The molecule has 1 saturated heterocycles. The molecule has 3 heterocycles. The van der Waals surface area contributed by atoms with Crippen LogP contribution in [0.2, 0.25) is 0 Å². The molecule has 0 aliphatic carbocycles. The van der Waals surface area contributed by atoms with Crippen LogP contribution in [0.4, 0.5) is 13.2 Å². The fraction of sp³-hybridized carbons (Fsp3) is 0.556. The number of alkyl halides is 3. The van der Waals surface area contributed by atoms with Crippen LogP contribution in [0.15, 0.2) is 29.7 Å². The molecule has 0 spiro atoms. The third-order valence-electron chi connectivity index (χ3n) is 4.75. The minimum absolute atomic E-state index is 0.0715. The molecule has 1 fully saturated rings. The van der Waals surface area contributed by atoms with Crippen LogP contribution in [-0.4, -0.2) is 79.6 Å². The first-order valence-corrected chi connectivity index (χ1v) is 10.2. The molecule has 0 aromatic carbocycles. The summed E-state index contributed by atoms with van der Waals surface area (Å²) < 4.78 is 40.5. The Labute approximate surface area is 171 Å². The molecule has 1 aliphatic rings. The Bertz CT molecular complexity index is 821. The van der Waals surface area contributed by atoms with Crippen molar-refractivity contribution in [2.75, 3.05) is 32.7 Å². The lowest BCUT2D eigenvalue weighted by atomic mass is 10.2. The van der Waals surface area contributed by atoms with Gasteiger partial charge in [0.2, 0.25) is 5.91 Å². The highest BCUT2D eigenvalue weighted by molar-refractivity contribution is 8.00. The third-order valence-corrected chi connectivity index (χ3v) is 5.82. The molecule has 0 radical (unpaired) electrons. The molecule has 1 unspecified atom stereocenters. The topological polar surface area (TPSA) is 67.2 Å². The highest BCUT2D eigenvalue weighted by atomic mass is 32.2. The number of aromatic nitrogens is 4. The van der Waals surface area contributed by atoms with Crippen molar-refractivity contribution in [3.63, 3.8) is 0 Å². The van der Waals surface area contributed by atoms with Gasteiger partial charge in [-0.25, -0.2) is 0 Å². The Kier molecular flexibility index (Phi) is 6.78. The Hall–Kier alpha value is -2.14. The van der Waals surface area contributed by atoms with E-state index in [0.717, 1.165) is 36.0 Å². The maximum absolute atomic E-state index is 13.2. The second kappa shape index (κ2) is 9.12. The molecular weight excluding hydrogens is 405 g/mol. The molecule has 2 aromatic rings. The molecule has 0 bridgehead atoms. The summed E-state index contributed by atoms with van der Waals surface area (Å²) >= 11 is 1.00. The maximum Gasteiger partial charge on any atom is 0.406 e. The average Bonchev–Trinajstić information content (AvgIpc) is 3.08. The van der Waals surface area contributed by atoms with Crippen LogP contribution < -0.4 is 0 Å². The van der Waals surface area contributed by atoms with Crippen molar-refractivity contribution in [3.8, 4) is 11.4 Å². The van der Waals surface area contributed by atoms with Crippen molar-refractivity contribution >= 4 is 17.7 Å². The summed E-state index contributed by atoms with van der Waals surface area (Å²) in [6.45, 7) is 6.32. The number of carbonyl (C=O) groups is 1. The average molecular weight is 428 g/mol. The van der Waals surface area contributed by atoms with Crippen molar-refractivity contribution in [2.24, 2.45) is 0 Å². The number of carbonyl (C=O) groups excluding carboxylic acids is 1. The molecule has 1 atom stereocenters. The minimum Gasteiger partial charge on any atom is -0.339 e. The largest absolute Gasteiger partial charge is 0.406 e. The highest BCUT2D eigenvalue weighted by Gasteiger charge is 2.33. The van der Waals surface area contributed by atoms with Gasteiger partial charge < -0.3 is 9.80 Å². The van der Waals surface area contributed by atoms with Crippen molar-refractivity contribution < 1.29 is 18.0 Å². The van der Waals surface area contributed by atoms with Crippen molar-refractivity contribution in [1.29, 1.82) is 0 Å². The molecule has 2 aromatic heterocycles. The summed E-state index contributed by atoms with van der Waals surface area (Å²) in [5.74, 6) is 0.00112.